The van der Waals surface area contributed by atoms with Gasteiger partial charge in [0, 0.05) is 11.6 Å². The highest BCUT2D eigenvalue weighted by atomic mass is 19.1. The number of halogens is 1. The fourth-order valence-electron chi connectivity index (χ4n) is 1.85. The number of carboxylic acids is 1. The summed E-state index contributed by atoms with van der Waals surface area (Å²) in [5.74, 6) is -1.99. The van der Waals surface area contributed by atoms with Gasteiger partial charge in [-0.05, 0) is 24.6 Å². The van der Waals surface area contributed by atoms with Crippen LogP contribution in [-0.2, 0) is 4.79 Å². The van der Waals surface area contributed by atoms with Crippen LogP contribution in [0.1, 0.15) is 36.5 Å². The van der Waals surface area contributed by atoms with Crippen molar-refractivity contribution in [1.29, 1.82) is 0 Å². The minimum absolute atomic E-state index is 0.0251. The van der Waals surface area contributed by atoms with Gasteiger partial charge >= 0.3 is 5.97 Å². The summed E-state index contributed by atoms with van der Waals surface area (Å²) in [6.07, 6.45) is 1.18. The maximum Gasteiger partial charge on any atom is 0.305 e. The van der Waals surface area contributed by atoms with E-state index in [-0.39, 0.29) is 17.7 Å². The molecular weight excluding hydrogens is 265 g/mol. The van der Waals surface area contributed by atoms with E-state index in [0.717, 1.165) is 12.5 Å². The molecule has 1 amide bonds. The summed E-state index contributed by atoms with van der Waals surface area (Å²) in [5, 5.41) is 11.4. The van der Waals surface area contributed by atoms with Crippen LogP contribution in [0.25, 0.3) is 0 Å². The molecule has 0 fully saturated rings. The van der Waals surface area contributed by atoms with E-state index in [2.05, 4.69) is 5.32 Å². The number of nitrogens with one attached hydrogen (secondary N) is 1. The van der Waals surface area contributed by atoms with E-state index in [9.17, 15) is 14.0 Å². The molecule has 110 valence electrons. The van der Waals surface area contributed by atoms with E-state index in [4.69, 9.17) is 9.84 Å². The van der Waals surface area contributed by atoms with Gasteiger partial charge in [-0.2, -0.15) is 0 Å². The molecule has 5 nitrogen and oxygen atoms in total. The second kappa shape index (κ2) is 7.47. The molecule has 1 aromatic rings. The van der Waals surface area contributed by atoms with E-state index in [1.165, 1.54) is 19.2 Å². The third kappa shape index (κ3) is 4.53. The lowest BCUT2D eigenvalue weighted by Gasteiger charge is -2.16. The first kappa shape index (κ1) is 15.9. The Labute approximate surface area is 116 Å². The predicted octanol–water partition coefficient (Wildman–Crippen LogP) is 2.21. The Kier molecular flexibility index (Phi) is 5.96. The van der Waals surface area contributed by atoms with E-state index in [1.54, 1.807) is 0 Å². The van der Waals surface area contributed by atoms with Crippen molar-refractivity contribution in [2.24, 2.45) is 0 Å². The molecule has 6 heteroatoms. The van der Waals surface area contributed by atoms with Crippen molar-refractivity contribution in [2.75, 3.05) is 7.11 Å². The van der Waals surface area contributed by atoms with Gasteiger partial charge in [0.2, 0.25) is 0 Å². The zero-order chi connectivity index (χ0) is 15.1. The molecule has 0 aliphatic heterocycles. The first-order valence-corrected chi connectivity index (χ1v) is 6.34. The molecule has 0 spiro atoms. The number of ether oxygens (including phenoxy) is 1. The van der Waals surface area contributed by atoms with Crippen LogP contribution in [0.3, 0.4) is 0 Å². The second-order valence-electron chi connectivity index (χ2n) is 4.41. The Bertz CT molecular complexity index is 490. The number of amides is 1. The molecule has 0 saturated carbocycles. The first-order valence-electron chi connectivity index (χ1n) is 6.34. The summed E-state index contributed by atoms with van der Waals surface area (Å²) in [6, 6.07) is 3.31. The van der Waals surface area contributed by atoms with Gasteiger partial charge in [-0.15, -0.1) is 0 Å². The Morgan fingerprint density at radius 3 is 2.70 bits per heavy atom. The number of benzene rings is 1. The molecule has 0 bridgehead atoms. The average Bonchev–Trinajstić information content (AvgIpc) is 2.38. The molecule has 0 radical (unpaired) electrons. The smallest absolute Gasteiger partial charge is 0.305 e. The molecule has 1 atom stereocenters. The molecule has 1 aromatic carbocycles. The highest BCUT2D eigenvalue weighted by molar-refractivity contribution is 5.95. The molecule has 1 unspecified atom stereocenters. The molecule has 1 rings (SSSR count). The lowest BCUT2D eigenvalue weighted by atomic mass is 10.1. The van der Waals surface area contributed by atoms with Crippen molar-refractivity contribution in [3.05, 3.63) is 29.6 Å². The zero-order valence-corrected chi connectivity index (χ0v) is 11.5. The van der Waals surface area contributed by atoms with Crippen LogP contribution >= 0.6 is 0 Å². The van der Waals surface area contributed by atoms with Crippen LogP contribution in [0, 0.1) is 5.82 Å². The highest BCUT2D eigenvalue weighted by Gasteiger charge is 2.17. The number of rotatable bonds is 7. The summed E-state index contributed by atoms with van der Waals surface area (Å²) in [5.41, 5.74) is 0.231. The van der Waals surface area contributed by atoms with Gasteiger partial charge in [-0.3, -0.25) is 9.59 Å². The SMILES string of the molecule is CCCC(CC(=O)O)NC(=O)c1ccc(F)c(OC)c1. The van der Waals surface area contributed by atoms with E-state index in [0.29, 0.717) is 6.42 Å². The number of carbonyl (C=O) groups excluding carboxylic acids is 1. The van der Waals surface area contributed by atoms with E-state index < -0.39 is 23.7 Å². The Morgan fingerprint density at radius 2 is 2.15 bits per heavy atom. The minimum atomic E-state index is -0.972. The third-order valence-electron chi connectivity index (χ3n) is 2.81. The van der Waals surface area contributed by atoms with Gasteiger partial charge in [-0.25, -0.2) is 4.39 Å². The Balaban J connectivity index is 2.80. The van der Waals surface area contributed by atoms with Crippen molar-refractivity contribution >= 4 is 11.9 Å². The monoisotopic (exact) mass is 283 g/mol. The maximum absolute atomic E-state index is 13.3. The average molecular weight is 283 g/mol. The van der Waals surface area contributed by atoms with Crippen molar-refractivity contribution in [2.45, 2.75) is 32.2 Å². The normalized spacial score (nSPS) is 11.8. The van der Waals surface area contributed by atoms with Crippen molar-refractivity contribution in [1.82, 2.24) is 5.32 Å². The van der Waals surface area contributed by atoms with Crippen LogP contribution in [0.4, 0.5) is 4.39 Å². The zero-order valence-electron chi connectivity index (χ0n) is 11.5. The second-order valence-corrected chi connectivity index (χ2v) is 4.41. The molecular formula is C14H18FNO4. The van der Waals surface area contributed by atoms with Crippen LogP contribution in [0.2, 0.25) is 0 Å². The predicted molar refractivity (Wildman–Crippen MR) is 71.4 cm³/mol. The molecule has 0 saturated heterocycles. The lowest BCUT2D eigenvalue weighted by molar-refractivity contribution is -0.137. The minimum Gasteiger partial charge on any atom is -0.494 e. The van der Waals surface area contributed by atoms with Crippen molar-refractivity contribution < 1.29 is 23.8 Å². The molecule has 0 heterocycles. The topological polar surface area (TPSA) is 75.6 Å². The number of carbonyl (C=O) groups is 2. The quantitative estimate of drug-likeness (QED) is 0.804. The number of carboxylic acid groups (broad SMARTS) is 1. The van der Waals surface area contributed by atoms with Crippen LogP contribution in [0.15, 0.2) is 18.2 Å². The maximum atomic E-state index is 13.3. The van der Waals surface area contributed by atoms with Gasteiger partial charge in [-0.1, -0.05) is 13.3 Å². The van der Waals surface area contributed by atoms with Gasteiger partial charge in [0.1, 0.15) is 0 Å². The Hall–Kier alpha value is -2.11. The van der Waals surface area contributed by atoms with E-state index in [1.807, 2.05) is 6.92 Å². The summed E-state index contributed by atoms with van der Waals surface area (Å²) < 4.78 is 18.1. The third-order valence-corrected chi connectivity index (χ3v) is 2.81. The summed E-state index contributed by atoms with van der Waals surface area (Å²) >= 11 is 0. The summed E-state index contributed by atoms with van der Waals surface area (Å²) in [7, 11) is 1.31. The van der Waals surface area contributed by atoms with E-state index >= 15 is 0 Å². The number of aliphatic carboxylic acids is 1. The number of hydrogen-bond acceptors (Lipinski definition) is 3. The van der Waals surface area contributed by atoms with Crippen molar-refractivity contribution in [3.8, 4) is 5.75 Å². The molecule has 20 heavy (non-hydrogen) atoms. The van der Waals surface area contributed by atoms with Gasteiger partial charge < -0.3 is 15.2 Å². The number of hydrogen-bond donors (Lipinski definition) is 2. The van der Waals surface area contributed by atoms with Gasteiger partial charge in [0.25, 0.3) is 5.91 Å². The Morgan fingerprint density at radius 1 is 1.45 bits per heavy atom. The molecule has 0 aliphatic rings. The fraction of sp³-hybridized carbons (Fsp3) is 0.429. The first-order chi connectivity index (χ1) is 9.47. The van der Waals surface area contributed by atoms with Crippen LogP contribution in [0.5, 0.6) is 5.75 Å². The van der Waals surface area contributed by atoms with Crippen LogP contribution in [-0.4, -0.2) is 30.1 Å². The largest absolute Gasteiger partial charge is 0.494 e. The summed E-state index contributed by atoms with van der Waals surface area (Å²) in [6.45, 7) is 1.90. The van der Waals surface area contributed by atoms with Gasteiger partial charge in [0.05, 0.1) is 13.5 Å². The molecule has 0 aromatic heterocycles. The highest BCUT2D eigenvalue weighted by Crippen LogP contribution is 2.18. The lowest BCUT2D eigenvalue weighted by Crippen LogP contribution is -2.36. The molecule has 0 aliphatic carbocycles. The fourth-order valence-corrected chi connectivity index (χ4v) is 1.85. The van der Waals surface area contributed by atoms with Crippen molar-refractivity contribution in [3.63, 3.8) is 0 Å². The molecule has 2 N–H and O–H groups in total. The number of methoxy groups -OCH3 is 1. The van der Waals surface area contributed by atoms with Crippen LogP contribution < -0.4 is 10.1 Å². The standard InChI is InChI=1S/C14H18FNO4/c1-3-4-10(8-13(17)18)16-14(19)9-5-6-11(15)12(7-9)20-2/h5-7,10H,3-4,8H2,1-2H3,(H,16,19)(H,17,18). The summed E-state index contributed by atoms with van der Waals surface area (Å²) in [4.78, 5) is 22.7. The van der Waals surface area contributed by atoms with Gasteiger partial charge in [0.15, 0.2) is 11.6 Å².